The second kappa shape index (κ2) is 9.34. The SMILES string of the molecule is COc1ccc(CNC(C)c2cccc(OC(C)C)c2)c(OC)c1OC. The van der Waals surface area contributed by atoms with Crippen LogP contribution >= 0.6 is 0 Å². The minimum Gasteiger partial charge on any atom is -0.493 e. The van der Waals surface area contributed by atoms with Gasteiger partial charge in [-0.1, -0.05) is 18.2 Å². The third-order valence-corrected chi connectivity index (χ3v) is 4.11. The van der Waals surface area contributed by atoms with E-state index in [2.05, 4.69) is 24.4 Å². The van der Waals surface area contributed by atoms with Gasteiger partial charge >= 0.3 is 0 Å². The predicted octanol–water partition coefficient (Wildman–Crippen LogP) is 4.35. The summed E-state index contributed by atoms with van der Waals surface area (Å²) in [5, 5.41) is 3.53. The van der Waals surface area contributed by atoms with Crippen LogP contribution in [0.3, 0.4) is 0 Å². The molecule has 1 unspecified atom stereocenters. The molecule has 0 aliphatic heterocycles. The maximum Gasteiger partial charge on any atom is 0.203 e. The Kier molecular flexibility index (Phi) is 7.16. The van der Waals surface area contributed by atoms with E-state index in [-0.39, 0.29) is 12.1 Å². The summed E-state index contributed by atoms with van der Waals surface area (Å²) in [6, 6.07) is 12.2. The van der Waals surface area contributed by atoms with E-state index in [0.717, 1.165) is 11.3 Å². The molecule has 2 aromatic carbocycles. The molecule has 142 valence electrons. The average molecular weight is 359 g/mol. The Morgan fingerprint density at radius 3 is 2.23 bits per heavy atom. The Bertz CT molecular complexity index is 715. The summed E-state index contributed by atoms with van der Waals surface area (Å²) in [5.41, 5.74) is 2.18. The van der Waals surface area contributed by atoms with Crippen molar-refractivity contribution in [2.45, 2.75) is 39.5 Å². The van der Waals surface area contributed by atoms with Crippen molar-refractivity contribution < 1.29 is 18.9 Å². The standard InChI is InChI=1S/C21H29NO4/c1-14(2)26-18-9-7-8-16(12-18)15(3)22-13-17-10-11-19(23-4)21(25-6)20(17)24-5/h7-12,14-15,22H,13H2,1-6H3. The number of nitrogens with one attached hydrogen (secondary N) is 1. The zero-order valence-electron chi connectivity index (χ0n) is 16.5. The van der Waals surface area contributed by atoms with Gasteiger partial charge in [-0.15, -0.1) is 0 Å². The second-order valence-electron chi connectivity index (χ2n) is 6.34. The second-order valence-corrected chi connectivity index (χ2v) is 6.34. The van der Waals surface area contributed by atoms with Crippen molar-refractivity contribution in [2.75, 3.05) is 21.3 Å². The number of benzene rings is 2. The molecule has 0 aliphatic rings. The van der Waals surface area contributed by atoms with Gasteiger partial charge in [0.25, 0.3) is 0 Å². The molecule has 0 aromatic heterocycles. The Morgan fingerprint density at radius 2 is 1.62 bits per heavy atom. The lowest BCUT2D eigenvalue weighted by atomic mass is 10.1. The molecule has 0 amide bonds. The Labute approximate surface area is 156 Å². The first-order valence-electron chi connectivity index (χ1n) is 8.78. The van der Waals surface area contributed by atoms with E-state index in [1.165, 1.54) is 5.56 Å². The number of hydrogen-bond acceptors (Lipinski definition) is 5. The van der Waals surface area contributed by atoms with Crippen LogP contribution in [0.5, 0.6) is 23.0 Å². The van der Waals surface area contributed by atoms with Crippen molar-refractivity contribution in [2.24, 2.45) is 0 Å². The fraction of sp³-hybridized carbons (Fsp3) is 0.429. The van der Waals surface area contributed by atoms with E-state index in [4.69, 9.17) is 18.9 Å². The number of hydrogen-bond donors (Lipinski definition) is 1. The van der Waals surface area contributed by atoms with Crippen LogP contribution < -0.4 is 24.3 Å². The molecule has 0 heterocycles. The normalized spacial score (nSPS) is 12.0. The number of ether oxygens (including phenoxy) is 4. The Hall–Kier alpha value is -2.40. The van der Waals surface area contributed by atoms with Crippen LogP contribution in [0, 0.1) is 0 Å². The highest BCUT2D eigenvalue weighted by Crippen LogP contribution is 2.39. The maximum absolute atomic E-state index is 5.78. The summed E-state index contributed by atoms with van der Waals surface area (Å²) >= 11 is 0. The Balaban J connectivity index is 2.13. The monoisotopic (exact) mass is 359 g/mol. The molecule has 0 bridgehead atoms. The molecular formula is C21H29NO4. The highest BCUT2D eigenvalue weighted by atomic mass is 16.5. The van der Waals surface area contributed by atoms with Crippen LogP contribution in [-0.4, -0.2) is 27.4 Å². The quantitative estimate of drug-likeness (QED) is 0.721. The van der Waals surface area contributed by atoms with Gasteiger partial charge in [-0.3, -0.25) is 0 Å². The predicted molar refractivity (Wildman–Crippen MR) is 104 cm³/mol. The zero-order valence-corrected chi connectivity index (χ0v) is 16.5. The first-order valence-corrected chi connectivity index (χ1v) is 8.78. The van der Waals surface area contributed by atoms with Crippen LogP contribution in [0.2, 0.25) is 0 Å². The van der Waals surface area contributed by atoms with Crippen LogP contribution in [0.4, 0.5) is 0 Å². The van der Waals surface area contributed by atoms with Gasteiger partial charge in [-0.25, -0.2) is 0 Å². The molecule has 1 N–H and O–H groups in total. The molecule has 26 heavy (non-hydrogen) atoms. The smallest absolute Gasteiger partial charge is 0.203 e. The van der Waals surface area contributed by atoms with E-state index in [1.807, 2.05) is 38.1 Å². The van der Waals surface area contributed by atoms with Crippen LogP contribution in [0.1, 0.15) is 37.9 Å². The van der Waals surface area contributed by atoms with E-state index in [9.17, 15) is 0 Å². The largest absolute Gasteiger partial charge is 0.493 e. The minimum absolute atomic E-state index is 0.156. The van der Waals surface area contributed by atoms with Crippen LogP contribution in [-0.2, 0) is 6.54 Å². The lowest BCUT2D eigenvalue weighted by Gasteiger charge is -2.19. The Morgan fingerprint density at radius 1 is 0.885 bits per heavy atom. The topological polar surface area (TPSA) is 49.0 Å². The molecule has 0 fully saturated rings. The fourth-order valence-electron chi connectivity index (χ4n) is 2.81. The molecule has 0 saturated heterocycles. The summed E-state index contributed by atoms with van der Waals surface area (Å²) in [6.07, 6.45) is 0.157. The lowest BCUT2D eigenvalue weighted by Crippen LogP contribution is -2.19. The van der Waals surface area contributed by atoms with Gasteiger partial charge in [-0.05, 0) is 44.5 Å². The highest BCUT2D eigenvalue weighted by molar-refractivity contribution is 5.55. The third-order valence-electron chi connectivity index (χ3n) is 4.11. The molecular weight excluding hydrogens is 330 g/mol. The molecule has 2 rings (SSSR count). The van der Waals surface area contributed by atoms with Crippen molar-refractivity contribution >= 4 is 0 Å². The van der Waals surface area contributed by atoms with Gasteiger partial charge in [0, 0.05) is 18.2 Å². The molecule has 5 heteroatoms. The van der Waals surface area contributed by atoms with Gasteiger partial charge in [0.1, 0.15) is 5.75 Å². The highest BCUT2D eigenvalue weighted by Gasteiger charge is 2.16. The molecule has 0 spiro atoms. The molecule has 0 aliphatic carbocycles. The van der Waals surface area contributed by atoms with Gasteiger partial charge in [-0.2, -0.15) is 0 Å². The lowest BCUT2D eigenvalue weighted by molar-refractivity contribution is 0.242. The molecule has 0 radical (unpaired) electrons. The summed E-state index contributed by atoms with van der Waals surface area (Å²) in [5.74, 6) is 2.83. The number of rotatable bonds is 9. The average Bonchev–Trinajstić information content (AvgIpc) is 2.64. The number of methoxy groups -OCH3 is 3. The van der Waals surface area contributed by atoms with Crippen molar-refractivity contribution in [3.63, 3.8) is 0 Å². The molecule has 2 aromatic rings. The maximum atomic E-state index is 5.78. The summed E-state index contributed by atoms with van der Waals surface area (Å²) in [7, 11) is 4.86. The van der Waals surface area contributed by atoms with Crippen molar-refractivity contribution in [1.29, 1.82) is 0 Å². The van der Waals surface area contributed by atoms with Crippen LogP contribution in [0.15, 0.2) is 36.4 Å². The molecule has 1 atom stereocenters. The zero-order chi connectivity index (χ0) is 19.1. The van der Waals surface area contributed by atoms with Crippen molar-refractivity contribution in [1.82, 2.24) is 5.32 Å². The van der Waals surface area contributed by atoms with Crippen LogP contribution in [0.25, 0.3) is 0 Å². The van der Waals surface area contributed by atoms with E-state index >= 15 is 0 Å². The van der Waals surface area contributed by atoms with Gasteiger partial charge < -0.3 is 24.3 Å². The van der Waals surface area contributed by atoms with Gasteiger partial charge in [0.2, 0.25) is 5.75 Å². The molecule has 5 nitrogen and oxygen atoms in total. The molecule has 0 saturated carbocycles. The van der Waals surface area contributed by atoms with Crippen molar-refractivity contribution in [3.8, 4) is 23.0 Å². The van der Waals surface area contributed by atoms with E-state index < -0.39 is 0 Å². The minimum atomic E-state index is 0.156. The summed E-state index contributed by atoms with van der Waals surface area (Å²) in [6.45, 7) is 6.82. The third kappa shape index (κ3) is 4.82. The van der Waals surface area contributed by atoms with Crippen molar-refractivity contribution in [3.05, 3.63) is 47.5 Å². The van der Waals surface area contributed by atoms with Gasteiger partial charge in [0.05, 0.1) is 27.4 Å². The van der Waals surface area contributed by atoms with E-state index in [1.54, 1.807) is 21.3 Å². The summed E-state index contributed by atoms with van der Waals surface area (Å²) < 4.78 is 22.1. The first kappa shape index (κ1) is 19.9. The van der Waals surface area contributed by atoms with E-state index in [0.29, 0.717) is 23.8 Å². The van der Waals surface area contributed by atoms with Gasteiger partial charge in [0.15, 0.2) is 11.5 Å². The first-order chi connectivity index (χ1) is 12.5. The fourth-order valence-corrected chi connectivity index (χ4v) is 2.81. The summed E-state index contributed by atoms with van der Waals surface area (Å²) in [4.78, 5) is 0.